The molecule has 0 aliphatic rings. The van der Waals surface area contributed by atoms with Crippen molar-refractivity contribution in [3.63, 3.8) is 0 Å². The van der Waals surface area contributed by atoms with Crippen LogP contribution in [0.1, 0.15) is 0 Å². The van der Waals surface area contributed by atoms with Gasteiger partial charge in [-0.25, -0.2) is 8.42 Å². The second-order valence-corrected chi connectivity index (χ2v) is 8.10. The van der Waals surface area contributed by atoms with Crippen molar-refractivity contribution in [3.05, 3.63) is 55.4 Å². The molecule has 0 saturated carbocycles. The van der Waals surface area contributed by atoms with Gasteiger partial charge in [-0.3, -0.25) is 4.72 Å². The van der Waals surface area contributed by atoms with Gasteiger partial charge in [0.05, 0.1) is 15.6 Å². The Bertz CT molecular complexity index is 726. The first-order chi connectivity index (χ1) is 9.29. The summed E-state index contributed by atoms with van der Waals surface area (Å²) in [4.78, 5) is 0.138. The molecular weight excluding hydrogens is 453 g/mol. The van der Waals surface area contributed by atoms with Crippen LogP contribution < -0.4 is 4.72 Å². The van der Waals surface area contributed by atoms with Gasteiger partial charge in [0, 0.05) is 14.0 Å². The van der Waals surface area contributed by atoms with Gasteiger partial charge >= 0.3 is 0 Å². The molecule has 0 radical (unpaired) electrons. The Labute approximate surface area is 143 Å². The fraction of sp³-hybridized carbons (Fsp3) is 0. The molecule has 2 rings (SSSR count). The maximum atomic E-state index is 12.3. The van der Waals surface area contributed by atoms with E-state index < -0.39 is 10.0 Å². The first-order valence-electron chi connectivity index (χ1n) is 5.22. The van der Waals surface area contributed by atoms with Gasteiger partial charge in [0.25, 0.3) is 10.0 Å². The van der Waals surface area contributed by atoms with Crippen LogP contribution in [0.4, 0.5) is 5.69 Å². The number of anilines is 1. The zero-order valence-corrected chi connectivity index (χ0v) is 15.2. The van der Waals surface area contributed by atoms with Gasteiger partial charge in [-0.05, 0) is 52.3 Å². The molecule has 3 nitrogen and oxygen atoms in total. The first-order valence-corrected chi connectivity index (χ1v) is 9.05. The molecule has 0 fully saturated rings. The van der Waals surface area contributed by atoms with Crippen LogP contribution in [0, 0.1) is 0 Å². The second-order valence-electron chi connectivity index (χ2n) is 3.80. The number of nitrogens with one attached hydrogen (secondary N) is 1. The van der Waals surface area contributed by atoms with Crippen molar-refractivity contribution >= 4 is 70.8 Å². The van der Waals surface area contributed by atoms with E-state index in [0.29, 0.717) is 9.50 Å². The lowest BCUT2D eigenvalue weighted by atomic mass is 10.3. The molecule has 0 aliphatic heterocycles. The van der Waals surface area contributed by atoms with Crippen molar-refractivity contribution in [1.29, 1.82) is 0 Å². The van der Waals surface area contributed by atoms with Crippen LogP contribution in [0.2, 0.25) is 10.0 Å². The van der Waals surface area contributed by atoms with Gasteiger partial charge in [0.2, 0.25) is 0 Å². The zero-order chi connectivity index (χ0) is 14.9. The summed E-state index contributed by atoms with van der Waals surface area (Å²) < 4.78 is 28.2. The van der Waals surface area contributed by atoms with Gasteiger partial charge in [0.15, 0.2) is 0 Å². The third-order valence-electron chi connectivity index (χ3n) is 2.37. The Balaban J connectivity index is 2.41. The smallest absolute Gasteiger partial charge is 0.261 e. The van der Waals surface area contributed by atoms with Crippen molar-refractivity contribution in [2.24, 2.45) is 0 Å². The number of halogens is 4. The number of rotatable bonds is 3. The molecule has 2 aromatic carbocycles. The van der Waals surface area contributed by atoms with E-state index in [0.717, 1.165) is 4.47 Å². The van der Waals surface area contributed by atoms with E-state index in [9.17, 15) is 8.42 Å². The Morgan fingerprint density at radius 2 is 1.60 bits per heavy atom. The summed E-state index contributed by atoms with van der Waals surface area (Å²) >= 11 is 18.3. The number of sulfonamides is 1. The van der Waals surface area contributed by atoms with Crippen LogP contribution in [0.15, 0.2) is 50.2 Å². The fourth-order valence-corrected chi connectivity index (χ4v) is 4.35. The number of hydrogen-bond donors (Lipinski definition) is 1. The van der Waals surface area contributed by atoms with Crippen LogP contribution in [0.25, 0.3) is 0 Å². The van der Waals surface area contributed by atoms with Crippen molar-refractivity contribution in [3.8, 4) is 0 Å². The lowest BCUT2D eigenvalue weighted by Gasteiger charge is -2.12. The number of hydrogen-bond acceptors (Lipinski definition) is 2. The first kappa shape index (κ1) is 16.1. The lowest BCUT2D eigenvalue weighted by Crippen LogP contribution is -2.13. The topological polar surface area (TPSA) is 46.2 Å². The van der Waals surface area contributed by atoms with Crippen LogP contribution >= 0.6 is 55.1 Å². The monoisotopic (exact) mass is 457 g/mol. The summed E-state index contributed by atoms with van der Waals surface area (Å²) in [5.41, 5.74) is 0.249. The van der Waals surface area contributed by atoms with E-state index in [1.807, 2.05) is 0 Å². The molecule has 0 spiro atoms. The molecule has 0 aliphatic carbocycles. The molecule has 1 N–H and O–H groups in total. The maximum absolute atomic E-state index is 12.3. The summed E-state index contributed by atoms with van der Waals surface area (Å²) in [6.45, 7) is 0. The van der Waals surface area contributed by atoms with Crippen molar-refractivity contribution < 1.29 is 8.42 Å². The molecule has 0 bridgehead atoms. The van der Waals surface area contributed by atoms with E-state index in [1.165, 1.54) is 18.2 Å². The largest absolute Gasteiger partial charge is 0.277 e. The highest BCUT2D eigenvalue weighted by molar-refractivity contribution is 9.10. The van der Waals surface area contributed by atoms with Gasteiger partial charge in [-0.1, -0.05) is 39.1 Å². The zero-order valence-electron chi connectivity index (χ0n) is 9.70. The predicted octanol–water partition coefficient (Wildman–Crippen LogP) is 5.32. The molecule has 2 aromatic rings. The third kappa shape index (κ3) is 3.68. The highest BCUT2D eigenvalue weighted by Gasteiger charge is 2.18. The Morgan fingerprint density at radius 1 is 1.00 bits per heavy atom. The standard InChI is InChI=1S/C12H7Br2Cl2NO2S/c13-7-1-3-9(4-2-7)20(18,19)17-12-10(14)5-8(15)6-11(12)16/h1-6,17H. The summed E-state index contributed by atoms with van der Waals surface area (Å²) in [7, 11) is -3.72. The Morgan fingerprint density at radius 3 is 2.15 bits per heavy atom. The molecule has 0 amide bonds. The molecule has 8 heteroatoms. The molecule has 0 unspecified atom stereocenters. The van der Waals surface area contributed by atoms with Crippen LogP contribution in [-0.4, -0.2) is 8.42 Å². The summed E-state index contributed by atoms with van der Waals surface area (Å²) in [6.07, 6.45) is 0. The normalized spacial score (nSPS) is 11.4. The molecule has 0 saturated heterocycles. The average Bonchev–Trinajstić information content (AvgIpc) is 2.34. The average molecular weight is 460 g/mol. The minimum Gasteiger partial charge on any atom is -0.277 e. The minimum atomic E-state index is -3.72. The summed E-state index contributed by atoms with van der Waals surface area (Å²) in [6, 6.07) is 9.30. The summed E-state index contributed by atoms with van der Waals surface area (Å²) in [5.74, 6) is 0. The van der Waals surface area contributed by atoms with Crippen molar-refractivity contribution in [1.82, 2.24) is 0 Å². The third-order valence-corrected chi connectivity index (χ3v) is 5.40. The molecule has 0 heterocycles. The van der Waals surface area contributed by atoms with Gasteiger partial charge in [-0.15, -0.1) is 0 Å². The minimum absolute atomic E-state index is 0.138. The number of benzene rings is 2. The Hall–Kier alpha value is -0.270. The lowest BCUT2D eigenvalue weighted by molar-refractivity contribution is 0.601. The van der Waals surface area contributed by atoms with E-state index in [4.69, 9.17) is 23.2 Å². The highest BCUT2D eigenvalue weighted by atomic mass is 79.9. The van der Waals surface area contributed by atoms with Crippen LogP contribution in [-0.2, 0) is 10.0 Å². The van der Waals surface area contributed by atoms with Gasteiger partial charge in [0.1, 0.15) is 0 Å². The van der Waals surface area contributed by atoms with Crippen molar-refractivity contribution in [2.75, 3.05) is 4.72 Å². The molecule has 106 valence electrons. The predicted molar refractivity (Wildman–Crippen MR) is 89.1 cm³/mol. The molecular formula is C12H7Br2Cl2NO2S. The molecule has 0 atom stereocenters. The quantitative estimate of drug-likeness (QED) is 0.675. The second kappa shape index (κ2) is 6.23. The van der Waals surface area contributed by atoms with Gasteiger partial charge in [-0.2, -0.15) is 0 Å². The maximum Gasteiger partial charge on any atom is 0.261 e. The van der Waals surface area contributed by atoms with Crippen molar-refractivity contribution in [2.45, 2.75) is 4.90 Å². The van der Waals surface area contributed by atoms with E-state index >= 15 is 0 Å². The van der Waals surface area contributed by atoms with E-state index in [2.05, 4.69) is 36.6 Å². The summed E-state index contributed by atoms with van der Waals surface area (Å²) in [5, 5.41) is 0.624. The highest BCUT2D eigenvalue weighted by Crippen LogP contribution is 2.35. The fourth-order valence-electron chi connectivity index (χ4n) is 1.45. The van der Waals surface area contributed by atoms with Crippen LogP contribution in [0.5, 0.6) is 0 Å². The molecule has 20 heavy (non-hydrogen) atoms. The van der Waals surface area contributed by atoms with Crippen LogP contribution in [0.3, 0.4) is 0 Å². The molecule has 0 aromatic heterocycles. The van der Waals surface area contributed by atoms with E-state index in [1.54, 1.807) is 18.2 Å². The van der Waals surface area contributed by atoms with E-state index in [-0.39, 0.29) is 15.6 Å². The SMILES string of the molecule is O=S(=O)(Nc1c(Cl)cc(Cl)cc1Br)c1ccc(Br)cc1. The van der Waals surface area contributed by atoms with Gasteiger partial charge < -0.3 is 0 Å². The Kier molecular flexibility index (Phi) is 5.02.